The molecule has 25 heavy (non-hydrogen) atoms. The predicted molar refractivity (Wildman–Crippen MR) is 108 cm³/mol. The van der Waals surface area contributed by atoms with Gasteiger partial charge in [-0.25, -0.2) is 0 Å². The summed E-state index contributed by atoms with van der Waals surface area (Å²) in [6.07, 6.45) is 6.41. The van der Waals surface area contributed by atoms with Gasteiger partial charge in [0.05, 0.1) is 21.1 Å². The first-order chi connectivity index (χ1) is 12.0. The van der Waals surface area contributed by atoms with E-state index in [0.29, 0.717) is 16.9 Å². The fraction of sp³-hybridized carbons (Fsp3) is 0.650. The maximum Gasteiger partial charge on any atom is 0.313 e. The molecule has 2 aliphatic rings. The van der Waals surface area contributed by atoms with Crippen LogP contribution in [0.1, 0.15) is 63.9 Å². The van der Waals surface area contributed by atoms with Crippen LogP contribution in [-0.4, -0.2) is 18.7 Å². The van der Waals surface area contributed by atoms with Gasteiger partial charge in [0, 0.05) is 0 Å². The Labute approximate surface area is 168 Å². The Bertz CT molecular complexity index is 626. The van der Waals surface area contributed by atoms with Crippen molar-refractivity contribution < 1.29 is 14.3 Å². The summed E-state index contributed by atoms with van der Waals surface area (Å²) in [6.45, 7) is 5.06. The first-order valence-corrected chi connectivity index (χ1v) is 10.8. The molecule has 0 saturated heterocycles. The van der Waals surface area contributed by atoms with Crippen LogP contribution in [0.3, 0.4) is 0 Å². The number of esters is 1. The van der Waals surface area contributed by atoms with Crippen molar-refractivity contribution in [1.82, 2.24) is 0 Å². The van der Waals surface area contributed by atoms with Crippen LogP contribution in [0.4, 0.5) is 0 Å². The van der Waals surface area contributed by atoms with Gasteiger partial charge in [-0.05, 0) is 84.2 Å². The number of rotatable bonds is 9. The number of halogens is 2. The Morgan fingerprint density at radius 2 is 2.04 bits per heavy atom. The van der Waals surface area contributed by atoms with Gasteiger partial charge in [0.1, 0.15) is 11.9 Å². The highest BCUT2D eigenvalue weighted by Crippen LogP contribution is 2.38. The SMILES string of the molecule is CCC(C)CC(C(=O)OC1CC1)c1cc(Cl)c(I)c(OCC2CC2)c1. The molecule has 0 aromatic heterocycles. The lowest BCUT2D eigenvalue weighted by atomic mass is 9.88. The summed E-state index contributed by atoms with van der Waals surface area (Å²) in [7, 11) is 0. The van der Waals surface area contributed by atoms with E-state index in [4.69, 9.17) is 21.1 Å². The Kier molecular flexibility index (Phi) is 6.53. The molecule has 1 aromatic carbocycles. The van der Waals surface area contributed by atoms with Crippen LogP contribution in [-0.2, 0) is 9.53 Å². The van der Waals surface area contributed by atoms with Gasteiger partial charge in [-0.3, -0.25) is 4.79 Å². The van der Waals surface area contributed by atoms with Crippen molar-refractivity contribution in [2.75, 3.05) is 6.61 Å². The fourth-order valence-corrected chi connectivity index (χ4v) is 3.44. The number of carbonyl (C=O) groups excluding carboxylic acids is 1. The zero-order valence-electron chi connectivity index (χ0n) is 14.9. The highest BCUT2D eigenvalue weighted by atomic mass is 127. The van der Waals surface area contributed by atoms with E-state index in [1.807, 2.05) is 12.1 Å². The van der Waals surface area contributed by atoms with Crippen molar-refractivity contribution in [3.63, 3.8) is 0 Å². The third kappa shape index (κ3) is 5.49. The molecule has 0 heterocycles. The van der Waals surface area contributed by atoms with Gasteiger partial charge < -0.3 is 9.47 Å². The Hall–Kier alpha value is -0.490. The highest BCUT2D eigenvalue weighted by molar-refractivity contribution is 14.1. The minimum Gasteiger partial charge on any atom is -0.492 e. The number of ether oxygens (including phenoxy) is 2. The fourth-order valence-electron chi connectivity index (χ4n) is 2.75. The van der Waals surface area contributed by atoms with Crippen molar-refractivity contribution in [2.45, 2.75) is 64.4 Å². The molecular formula is C20H26ClIO3. The lowest BCUT2D eigenvalue weighted by Gasteiger charge is -2.21. The second-order valence-electron chi connectivity index (χ2n) is 7.51. The van der Waals surface area contributed by atoms with E-state index in [-0.39, 0.29) is 18.0 Å². The molecule has 2 fully saturated rings. The molecule has 3 rings (SSSR count). The molecule has 1 aromatic rings. The standard InChI is InChI=1S/C20H26ClIO3/c1-3-12(2)8-16(20(23)25-15-6-7-15)14-9-17(21)19(22)18(10-14)24-11-13-4-5-13/h9-10,12-13,15-16H,3-8,11H2,1-2H3. The van der Waals surface area contributed by atoms with Gasteiger partial charge in [-0.1, -0.05) is 31.9 Å². The summed E-state index contributed by atoms with van der Waals surface area (Å²) >= 11 is 8.67. The molecular weight excluding hydrogens is 451 g/mol. The monoisotopic (exact) mass is 476 g/mol. The number of benzene rings is 1. The average Bonchev–Trinajstić information content (AvgIpc) is 3.48. The van der Waals surface area contributed by atoms with Gasteiger partial charge in [-0.2, -0.15) is 0 Å². The molecule has 0 N–H and O–H groups in total. The molecule has 3 nitrogen and oxygen atoms in total. The normalized spacial score (nSPS) is 19.4. The van der Waals surface area contributed by atoms with E-state index >= 15 is 0 Å². The molecule has 2 saturated carbocycles. The minimum atomic E-state index is -0.270. The largest absolute Gasteiger partial charge is 0.492 e. The van der Waals surface area contributed by atoms with E-state index in [2.05, 4.69) is 36.4 Å². The zero-order valence-corrected chi connectivity index (χ0v) is 17.8. The van der Waals surface area contributed by atoms with Gasteiger partial charge in [-0.15, -0.1) is 0 Å². The first kappa shape index (κ1) is 19.3. The minimum absolute atomic E-state index is 0.117. The van der Waals surface area contributed by atoms with Crippen LogP contribution in [0.15, 0.2) is 12.1 Å². The number of hydrogen-bond acceptors (Lipinski definition) is 3. The highest BCUT2D eigenvalue weighted by Gasteiger charge is 2.32. The third-order valence-corrected chi connectivity index (χ3v) is 6.75. The first-order valence-electron chi connectivity index (χ1n) is 9.30. The summed E-state index contributed by atoms with van der Waals surface area (Å²) in [5.41, 5.74) is 0.919. The van der Waals surface area contributed by atoms with E-state index in [1.165, 1.54) is 12.8 Å². The number of carbonyl (C=O) groups is 1. The lowest BCUT2D eigenvalue weighted by molar-refractivity contribution is -0.147. The Morgan fingerprint density at radius 3 is 2.64 bits per heavy atom. The van der Waals surface area contributed by atoms with E-state index in [1.54, 1.807) is 0 Å². The predicted octanol–water partition coefficient (Wildman–Crippen LogP) is 5.96. The molecule has 0 aliphatic heterocycles. The van der Waals surface area contributed by atoms with Crippen molar-refractivity contribution in [2.24, 2.45) is 11.8 Å². The second kappa shape index (κ2) is 8.47. The van der Waals surface area contributed by atoms with Crippen molar-refractivity contribution in [3.8, 4) is 5.75 Å². The van der Waals surface area contributed by atoms with Gasteiger partial charge in [0.25, 0.3) is 0 Å². The number of hydrogen-bond donors (Lipinski definition) is 0. The topological polar surface area (TPSA) is 35.5 Å². The molecule has 5 heteroatoms. The molecule has 138 valence electrons. The van der Waals surface area contributed by atoms with Crippen LogP contribution in [0.2, 0.25) is 5.02 Å². The molecule has 2 aliphatic carbocycles. The van der Waals surface area contributed by atoms with Crippen molar-refractivity contribution in [1.29, 1.82) is 0 Å². The quantitative estimate of drug-likeness (QED) is 0.326. The Balaban J connectivity index is 1.82. The molecule has 0 radical (unpaired) electrons. The lowest BCUT2D eigenvalue weighted by Crippen LogP contribution is -2.19. The molecule has 0 amide bonds. The molecule has 0 bridgehead atoms. The maximum atomic E-state index is 12.7. The van der Waals surface area contributed by atoms with Crippen molar-refractivity contribution in [3.05, 3.63) is 26.3 Å². The van der Waals surface area contributed by atoms with Gasteiger partial charge in [0.15, 0.2) is 0 Å². The van der Waals surface area contributed by atoms with Crippen LogP contribution in [0, 0.1) is 15.4 Å². The van der Waals surface area contributed by atoms with Crippen LogP contribution in [0.25, 0.3) is 0 Å². The molecule has 2 unspecified atom stereocenters. The molecule has 0 spiro atoms. The summed E-state index contributed by atoms with van der Waals surface area (Å²) in [6, 6.07) is 3.91. The summed E-state index contributed by atoms with van der Waals surface area (Å²) < 4.78 is 12.5. The third-order valence-electron chi connectivity index (χ3n) is 5.02. The zero-order chi connectivity index (χ0) is 18.0. The van der Waals surface area contributed by atoms with E-state index < -0.39 is 0 Å². The van der Waals surface area contributed by atoms with E-state index in [9.17, 15) is 4.79 Å². The van der Waals surface area contributed by atoms with Gasteiger partial charge >= 0.3 is 5.97 Å². The molecule has 2 atom stereocenters. The summed E-state index contributed by atoms with van der Waals surface area (Å²) in [5, 5.41) is 0.650. The van der Waals surface area contributed by atoms with Crippen molar-refractivity contribution >= 4 is 40.2 Å². The average molecular weight is 477 g/mol. The maximum absolute atomic E-state index is 12.7. The van der Waals surface area contributed by atoms with Crippen LogP contribution < -0.4 is 4.74 Å². The van der Waals surface area contributed by atoms with E-state index in [0.717, 1.165) is 47.2 Å². The van der Waals surface area contributed by atoms with Crippen LogP contribution >= 0.6 is 34.2 Å². The Morgan fingerprint density at radius 1 is 1.32 bits per heavy atom. The second-order valence-corrected chi connectivity index (χ2v) is 8.99. The van der Waals surface area contributed by atoms with Gasteiger partial charge in [0.2, 0.25) is 0 Å². The summed E-state index contributed by atoms with van der Waals surface area (Å²) in [5.74, 6) is 1.53. The summed E-state index contributed by atoms with van der Waals surface area (Å²) in [4.78, 5) is 12.7. The smallest absolute Gasteiger partial charge is 0.313 e. The van der Waals surface area contributed by atoms with Crippen LogP contribution in [0.5, 0.6) is 5.75 Å².